The van der Waals surface area contributed by atoms with Gasteiger partial charge in [0.2, 0.25) is 0 Å². The van der Waals surface area contributed by atoms with E-state index in [1.54, 1.807) is 0 Å². The zero-order valence-corrected chi connectivity index (χ0v) is 10.2. The molecular weight excluding hydrogens is 188 g/mol. The Morgan fingerprint density at radius 3 is 1.40 bits per heavy atom. The summed E-state index contributed by atoms with van der Waals surface area (Å²) in [7, 11) is 0. The Balaban J connectivity index is 1.48. The van der Waals surface area contributed by atoms with Gasteiger partial charge in [-0.25, -0.2) is 0 Å². The van der Waals surface area contributed by atoms with Gasteiger partial charge in [0.05, 0.1) is 26.4 Å². The van der Waals surface area contributed by atoms with Crippen LogP contribution in [-0.4, -0.2) is 26.4 Å². The molecule has 0 radical (unpaired) electrons. The molecule has 15 heavy (non-hydrogen) atoms. The Hall–Kier alpha value is -0.0800. The van der Waals surface area contributed by atoms with Crippen LogP contribution in [0.3, 0.4) is 0 Å². The number of hydrogen-bond acceptors (Lipinski definition) is 2. The molecule has 0 bridgehead atoms. The second-order valence-corrected chi connectivity index (χ2v) is 6.17. The fraction of sp³-hybridized carbons (Fsp3) is 1.00. The summed E-state index contributed by atoms with van der Waals surface area (Å²) >= 11 is 0. The molecule has 0 atom stereocenters. The molecule has 2 heteroatoms. The van der Waals surface area contributed by atoms with E-state index >= 15 is 0 Å². The first-order chi connectivity index (χ1) is 7.12. The second-order valence-electron chi connectivity index (χ2n) is 6.17. The van der Waals surface area contributed by atoms with E-state index in [-0.39, 0.29) is 0 Å². The van der Waals surface area contributed by atoms with Crippen LogP contribution in [0.5, 0.6) is 0 Å². The van der Waals surface area contributed by atoms with Crippen molar-refractivity contribution in [1.82, 2.24) is 0 Å². The minimum atomic E-state index is 0.517. The van der Waals surface area contributed by atoms with Crippen molar-refractivity contribution in [3.8, 4) is 0 Å². The molecule has 0 aliphatic carbocycles. The zero-order chi connectivity index (χ0) is 10.8. The van der Waals surface area contributed by atoms with E-state index in [4.69, 9.17) is 9.47 Å². The molecule has 0 spiro atoms. The molecule has 2 fully saturated rings. The van der Waals surface area contributed by atoms with Gasteiger partial charge in [0, 0.05) is 10.8 Å². The quantitative estimate of drug-likeness (QED) is 0.630. The van der Waals surface area contributed by atoms with Crippen molar-refractivity contribution >= 4 is 0 Å². The Kier molecular flexibility index (Phi) is 3.36. The lowest BCUT2D eigenvalue weighted by Crippen LogP contribution is -2.40. The molecule has 2 aliphatic heterocycles. The Morgan fingerprint density at radius 1 is 0.733 bits per heavy atom. The molecule has 2 nitrogen and oxygen atoms in total. The van der Waals surface area contributed by atoms with Crippen molar-refractivity contribution in [3.63, 3.8) is 0 Å². The van der Waals surface area contributed by atoms with Gasteiger partial charge in [-0.15, -0.1) is 0 Å². The fourth-order valence-corrected chi connectivity index (χ4v) is 2.47. The first-order valence-corrected chi connectivity index (χ1v) is 6.28. The van der Waals surface area contributed by atoms with Crippen molar-refractivity contribution in [2.75, 3.05) is 26.4 Å². The Morgan fingerprint density at radius 2 is 1.13 bits per heavy atom. The van der Waals surface area contributed by atoms with E-state index in [1.165, 1.54) is 32.1 Å². The van der Waals surface area contributed by atoms with Crippen molar-refractivity contribution in [3.05, 3.63) is 0 Å². The first-order valence-electron chi connectivity index (χ1n) is 6.28. The number of unbranched alkanes of at least 4 members (excludes halogenated alkanes) is 2. The molecule has 0 aromatic heterocycles. The normalized spacial score (nSPS) is 26.8. The van der Waals surface area contributed by atoms with Crippen LogP contribution in [0.25, 0.3) is 0 Å². The van der Waals surface area contributed by atoms with E-state index in [0.717, 1.165) is 26.4 Å². The third-order valence-electron chi connectivity index (χ3n) is 3.86. The van der Waals surface area contributed by atoms with Gasteiger partial charge in [-0.05, 0) is 12.8 Å². The highest BCUT2D eigenvalue weighted by molar-refractivity contribution is 4.82. The summed E-state index contributed by atoms with van der Waals surface area (Å²) in [5.41, 5.74) is 1.03. The lowest BCUT2D eigenvalue weighted by Gasteiger charge is -2.39. The minimum Gasteiger partial charge on any atom is -0.380 e. The minimum absolute atomic E-state index is 0.517. The van der Waals surface area contributed by atoms with E-state index in [0.29, 0.717) is 10.8 Å². The lowest BCUT2D eigenvalue weighted by molar-refractivity contribution is -0.110. The topological polar surface area (TPSA) is 18.5 Å². The summed E-state index contributed by atoms with van der Waals surface area (Å²) in [6.07, 6.45) is 6.82. The summed E-state index contributed by atoms with van der Waals surface area (Å²) in [6, 6.07) is 0. The van der Waals surface area contributed by atoms with E-state index in [9.17, 15) is 0 Å². The predicted molar refractivity (Wildman–Crippen MR) is 60.9 cm³/mol. The molecular formula is C13H24O2. The van der Waals surface area contributed by atoms with Crippen LogP contribution in [0.2, 0.25) is 0 Å². The number of hydrogen-bond donors (Lipinski definition) is 0. The van der Waals surface area contributed by atoms with E-state index in [1.807, 2.05) is 0 Å². The Bertz CT molecular complexity index is 183. The molecule has 0 N–H and O–H groups in total. The van der Waals surface area contributed by atoms with E-state index in [2.05, 4.69) is 13.8 Å². The highest BCUT2D eigenvalue weighted by Crippen LogP contribution is 2.35. The van der Waals surface area contributed by atoms with Crippen molar-refractivity contribution in [2.24, 2.45) is 10.8 Å². The summed E-state index contributed by atoms with van der Waals surface area (Å²) in [6.45, 7) is 8.63. The molecule has 88 valence electrons. The average Bonchev–Trinajstić information content (AvgIpc) is 2.12. The van der Waals surface area contributed by atoms with Crippen LogP contribution in [0.4, 0.5) is 0 Å². The maximum atomic E-state index is 5.26. The smallest absolute Gasteiger partial charge is 0.0542 e. The van der Waals surface area contributed by atoms with Crippen LogP contribution < -0.4 is 0 Å². The summed E-state index contributed by atoms with van der Waals surface area (Å²) < 4.78 is 10.5. The number of rotatable bonds is 6. The molecule has 2 aliphatic rings. The largest absolute Gasteiger partial charge is 0.380 e. The van der Waals surface area contributed by atoms with Crippen LogP contribution in [0.1, 0.15) is 46.0 Å². The van der Waals surface area contributed by atoms with Gasteiger partial charge < -0.3 is 9.47 Å². The molecule has 0 amide bonds. The highest BCUT2D eigenvalue weighted by Gasteiger charge is 2.33. The molecule has 2 heterocycles. The fourth-order valence-electron chi connectivity index (χ4n) is 2.47. The molecule has 0 aromatic carbocycles. The first kappa shape index (κ1) is 11.4. The summed E-state index contributed by atoms with van der Waals surface area (Å²) in [5, 5.41) is 0. The lowest BCUT2D eigenvalue weighted by atomic mass is 9.80. The summed E-state index contributed by atoms with van der Waals surface area (Å²) in [5.74, 6) is 0. The third-order valence-corrected chi connectivity index (χ3v) is 3.86. The average molecular weight is 212 g/mol. The maximum Gasteiger partial charge on any atom is 0.0542 e. The molecule has 2 saturated heterocycles. The second kappa shape index (κ2) is 4.42. The van der Waals surface area contributed by atoms with Gasteiger partial charge in [-0.2, -0.15) is 0 Å². The Labute approximate surface area is 93.3 Å². The summed E-state index contributed by atoms with van der Waals surface area (Å²) in [4.78, 5) is 0. The van der Waals surface area contributed by atoms with Gasteiger partial charge in [0.25, 0.3) is 0 Å². The standard InChI is InChI=1S/C13H24O2/c1-12(8-14-9-12)6-4-3-5-7-13(2)10-15-11-13/h3-11H2,1-2H3. The van der Waals surface area contributed by atoms with E-state index < -0.39 is 0 Å². The molecule has 0 unspecified atom stereocenters. The molecule has 0 aromatic rings. The SMILES string of the molecule is CC1(CCCCCC2(C)COC2)COC1. The van der Waals surface area contributed by atoms with Crippen LogP contribution in [0.15, 0.2) is 0 Å². The van der Waals surface area contributed by atoms with Gasteiger partial charge in [-0.3, -0.25) is 0 Å². The predicted octanol–water partition coefficient (Wildman–Crippen LogP) is 3.01. The van der Waals surface area contributed by atoms with Crippen LogP contribution >= 0.6 is 0 Å². The van der Waals surface area contributed by atoms with Crippen LogP contribution in [0, 0.1) is 10.8 Å². The molecule has 0 saturated carbocycles. The zero-order valence-electron chi connectivity index (χ0n) is 10.2. The van der Waals surface area contributed by atoms with Crippen molar-refractivity contribution in [1.29, 1.82) is 0 Å². The van der Waals surface area contributed by atoms with Gasteiger partial charge in [-0.1, -0.05) is 33.1 Å². The third kappa shape index (κ3) is 2.94. The molecule has 2 rings (SSSR count). The monoisotopic (exact) mass is 212 g/mol. The number of ether oxygens (including phenoxy) is 2. The van der Waals surface area contributed by atoms with Crippen molar-refractivity contribution < 1.29 is 9.47 Å². The highest BCUT2D eigenvalue weighted by atomic mass is 16.5. The van der Waals surface area contributed by atoms with Gasteiger partial charge in [0.15, 0.2) is 0 Å². The van der Waals surface area contributed by atoms with Gasteiger partial charge >= 0.3 is 0 Å². The maximum absolute atomic E-state index is 5.26. The van der Waals surface area contributed by atoms with Gasteiger partial charge in [0.1, 0.15) is 0 Å². The van der Waals surface area contributed by atoms with Crippen LogP contribution in [-0.2, 0) is 9.47 Å². The van der Waals surface area contributed by atoms with Crippen molar-refractivity contribution in [2.45, 2.75) is 46.0 Å².